The topological polar surface area (TPSA) is 108 Å². The van der Waals surface area contributed by atoms with Gasteiger partial charge in [0.05, 0.1) is 17.7 Å². The van der Waals surface area contributed by atoms with Crippen LogP contribution in [0, 0.1) is 18.3 Å². The Bertz CT molecular complexity index is 887. The molecule has 7 heteroatoms. The third-order valence-electron chi connectivity index (χ3n) is 3.27. The van der Waals surface area contributed by atoms with Gasteiger partial charge in [0.25, 0.3) is 5.91 Å². The molecule has 2 aromatic heterocycles. The minimum Gasteiger partial charge on any atom is -0.351 e. The first-order valence-electron chi connectivity index (χ1n) is 6.71. The number of carbonyl (C=O) groups excluding carboxylic acids is 1. The number of amides is 1. The number of rotatable bonds is 3. The molecule has 2 heterocycles. The maximum atomic E-state index is 12.3. The fraction of sp³-hybridized carbons (Fsp3) is 0.200. The quantitative estimate of drug-likeness (QED) is 0.770. The molecule has 1 unspecified atom stereocenters. The summed E-state index contributed by atoms with van der Waals surface area (Å²) in [6, 6.07) is 8.62. The van der Waals surface area contributed by atoms with Gasteiger partial charge in [-0.2, -0.15) is 10.2 Å². The van der Waals surface area contributed by atoms with Crippen LogP contribution in [0.4, 0.5) is 0 Å². The Morgan fingerprint density at radius 2 is 2.27 bits per heavy atom. The van der Waals surface area contributed by atoms with E-state index >= 15 is 0 Å². The van der Waals surface area contributed by atoms with Gasteiger partial charge < -0.3 is 14.8 Å². The zero-order valence-electron chi connectivity index (χ0n) is 12.0. The second-order valence-electron chi connectivity index (χ2n) is 4.96. The molecular weight excluding hydrogens is 282 g/mol. The number of nitriles is 1. The van der Waals surface area contributed by atoms with Crippen LogP contribution in [0.25, 0.3) is 10.9 Å². The Morgan fingerprint density at radius 1 is 1.45 bits per heavy atom. The lowest BCUT2D eigenvalue weighted by atomic mass is 10.2. The van der Waals surface area contributed by atoms with Gasteiger partial charge in [0.1, 0.15) is 5.69 Å². The predicted molar refractivity (Wildman–Crippen MR) is 77.9 cm³/mol. The number of aromatic amines is 1. The summed E-state index contributed by atoms with van der Waals surface area (Å²) in [5, 5.41) is 16.3. The number of nitrogens with one attached hydrogen (secondary N) is 2. The largest absolute Gasteiger partial charge is 0.351 e. The van der Waals surface area contributed by atoms with Gasteiger partial charge >= 0.3 is 0 Å². The molecule has 2 N–H and O–H groups in total. The fourth-order valence-corrected chi connectivity index (χ4v) is 2.15. The molecule has 0 fully saturated rings. The third-order valence-corrected chi connectivity index (χ3v) is 3.27. The second kappa shape index (κ2) is 5.33. The Morgan fingerprint density at radius 3 is 2.95 bits per heavy atom. The maximum absolute atomic E-state index is 12.3. The second-order valence-corrected chi connectivity index (χ2v) is 4.96. The van der Waals surface area contributed by atoms with Crippen molar-refractivity contribution in [3.05, 3.63) is 47.2 Å². The summed E-state index contributed by atoms with van der Waals surface area (Å²) in [7, 11) is 0. The smallest absolute Gasteiger partial charge is 0.268 e. The number of hydrogen-bond donors (Lipinski definition) is 2. The lowest BCUT2D eigenvalue weighted by molar-refractivity contribution is 0.0933. The van der Waals surface area contributed by atoms with Crippen molar-refractivity contribution in [2.75, 3.05) is 0 Å². The van der Waals surface area contributed by atoms with E-state index in [1.807, 2.05) is 0 Å². The highest BCUT2D eigenvalue weighted by molar-refractivity contribution is 5.98. The zero-order valence-corrected chi connectivity index (χ0v) is 12.0. The Kier molecular flexibility index (Phi) is 3.35. The van der Waals surface area contributed by atoms with E-state index in [9.17, 15) is 4.79 Å². The van der Waals surface area contributed by atoms with E-state index in [-0.39, 0.29) is 11.9 Å². The summed E-state index contributed by atoms with van der Waals surface area (Å²) in [4.78, 5) is 19.4. The molecule has 0 aliphatic heterocycles. The van der Waals surface area contributed by atoms with Crippen LogP contribution in [0.5, 0.6) is 0 Å². The predicted octanol–water partition coefficient (Wildman–Crippen LogP) is 2.22. The average molecular weight is 295 g/mol. The van der Waals surface area contributed by atoms with Gasteiger partial charge in [-0.3, -0.25) is 4.79 Å². The average Bonchev–Trinajstić information content (AvgIpc) is 3.12. The van der Waals surface area contributed by atoms with Crippen molar-refractivity contribution in [3.63, 3.8) is 0 Å². The minimum absolute atomic E-state index is 0.273. The number of aryl methyl sites for hydroxylation is 1. The third kappa shape index (κ3) is 2.54. The number of aromatic nitrogens is 3. The number of carbonyl (C=O) groups is 1. The molecule has 3 aromatic rings. The highest BCUT2D eigenvalue weighted by Gasteiger charge is 2.17. The molecule has 1 amide bonds. The van der Waals surface area contributed by atoms with Crippen LogP contribution in [-0.4, -0.2) is 21.0 Å². The summed E-state index contributed by atoms with van der Waals surface area (Å²) < 4.78 is 4.90. The molecule has 22 heavy (non-hydrogen) atoms. The Hall–Kier alpha value is -3.14. The van der Waals surface area contributed by atoms with E-state index in [1.54, 1.807) is 38.1 Å². The molecule has 0 aliphatic carbocycles. The van der Waals surface area contributed by atoms with E-state index < -0.39 is 0 Å². The lowest BCUT2D eigenvalue weighted by Crippen LogP contribution is -2.27. The molecule has 0 radical (unpaired) electrons. The van der Waals surface area contributed by atoms with Crippen molar-refractivity contribution < 1.29 is 9.32 Å². The van der Waals surface area contributed by atoms with Crippen LogP contribution in [0.2, 0.25) is 0 Å². The van der Waals surface area contributed by atoms with Crippen LogP contribution in [0.1, 0.15) is 40.7 Å². The number of nitrogens with zero attached hydrogens (tertiary/aromatic N) is 3. The van der Waals surface area contributed by atoms with Gasteiger partial charge in [0, 0.05) is 17.8 Å². The van der Waals surface area contributed by atoms with Gasteiger partial charge in [0.2, 0.25) is 5.89 Å². The van der Waals surface area contributed by atoms with Crippen molar-refractivity contribution >= 4 is 16.8 Å². The van der Waals surface area contributed by atoms with Crippen LogP contribution in [-0.2, 0) is 0 Å². The Balaban J connectivity index is 1.81. The Labute approximate surface area is 125 Å². The number of hydrogen-bond acceptors (Lipinski definition) is 5. The lowest BCUT2D eigenvalue weighted by Gasteiger charge is -2.08. The first kappa shape index (κ1) is 13.8. The molecule has 110 valence electrons. The number of H-pyrrole nitrogens is 1. The molecule has 0 spiro atoms. The van der Waals surface area contributed by atoms with Crippen LogP contribution >= 0.6 is 0 Å². The van der Waals surface area contributed by atoms with Crippen molar-refractivity contribution in [3.8, 4) is 6.07 Å². The van der Waals surface area contributed by atoms with E-state index in [0.29, 0.717) is 23.0 Å². The van der Waals surface area contributed by atoms with Crippen molar-refractivity contribution in [2.24, 2.45) is 0 Å². The standard InChI is InChI=1S/C15H13N5O2/c1-8(14-18-9(2)22-20-14)17-15(21)13-6-11-5-10(7-16)3-4-12(11)19-13/h3-6,8,19H,1-2H3,(H,17,21). The van der Waals surface area contributed by atoms with E-state index in [1.165, 1.54) is 0 Å². The molecular formula is C15H13N5O2. The molecule has 7 nitrogen and oxygen atoms in total. The van der Waals surface area contributed by atoms with Gasteiger partial charge in [-0.25, -0.2) is 0 Å². The summed E-state index contributed by atoms with van der Waals surface area (Å²) in [5.74, 6) is 0.601. The SMILES string of the molecule is Cc1nc(C(C)NC(=O)c2cc3cc(C#N)ccc3[nH]2)no1. The fourth-order valence-electron chi connectivity index (χ4n) is 2.15. The van der Waals surface area contributed by atoms with E-state index in [4.69, 9.17) is 9.78 Å². The van der Waals surface area contributed by atoms with Crippen molar-refractivity contribution in [2.45, 2.75) is 19.9 Å². The molecule has 0 bridgehead atoms. The minimum atomic E-state index is -0.369. The van der Waals surface area contributed by atoms with Crippen LogP contribution in [0.3, 0.4) is 0 Å². The molecule has 3 rings (SSSR count). The summed E-state index contributed by atoms with van der Waals surface area (Å²) in [6.07, 6.45) is 0. The summed E-state index contributed by atoms with van der Waals surface area (Å²) in [6.45, 7) is 3.47. The summed E-state index contributed by atoms with van der Waals surface area (Å²) in [5.41, 5.74) is 1.76. The first-order chi connectivity index (χ1) is 10.6. The highest BCUT2D eigenvalue weighted by atomic mass is 16.5. The molecule has 0 aliphatic rings. The molecule has 0 saturated carbocycles. The van der Waals surface area contributed by atoms with Gasteiger partial charge in [-0.05, 0) is 31.2 Å². The van der Waals surface area contributed by atoms with Crippen LogP contribution < -0.4 is 5.32 Å². The van der Waals surface area contributed by atoms with E-state index in [2.05, 4.69) is 26.5 Å². The first-order valence-corrected chi connectivity index (χ1v) is 6.71. The molecule has 1 aromatic carbocycles. The normalized spacial score (nSPS) is 12.0. The van der Waals surface area contributed by atoms with Crippen LogP contribution in [0.15, 0.2) is 28.8 Å². The van der Waals surface area contributed by atoms with E-state index in [0.717, 1.165) is 10.9 Å². The maximum Gasteiger partial charge on any atom is 0.268 e. The molecule has 1 atom stereocenters. The van der Waals surface area contributed by atoms with Gasteiger partial charge in [-0.15, -0.1) is 0 Å². The monoisotopic (exact) mass is 295 g/mol. The number of fused-ring (bicyclic) bond motifs is 1. The highest BCUT2D eigenvalue weighted by Crippen LogP contribution is 2.18. The van der Waals surface area contributed by atoms with Gasteiger partial charge in [0.15, 0.2) is 5.82 Å². The van der Waals surface area contributed by atoms with Crippen molar-refractivity contribution in [1.29, 1.82) is 5.26 Å². The number of benzene rings is 1. The summed E-state index contributed by atoms with van der Waals surface area (Å²) >= 11 is 0. The van der Waals surface area contributed by atoms with Gasteiger partial charge in [-0.1, -0.05) is 5.16 Å². The van der Waals surface area contributed by atoms with Crippen molar-refractivity contribution in [1.82, 2.24) is 20.4 Å². The molecule has 0 saturated heterocycles. The zero-order chi connectivity index (χ0) is 15.7.